The number of carbonyl (C=O) groups is 2. The van der Waals surface area contributed by atoms with E-state index in [2.05, 4.69) is 33.0 Å². The second kappa shape index (κ2) is 10.5. The van der Waals surface area contributed by atoms with Crippen LogP contribution in [0.3, 0.4) is 0 Å². The summed E-state index contributed by atoms with van der Waals surface area (Å²) in [5.41, 5.74) is 2.17. The third-order valence-electron chi connectivity index (χ3n) is 5.60. The Hall–Kier alpha value is -3.13. The molecule has 4 rings (SSSR count). The Labute approximate surface area is 192 Å². The molecule has 2 N–H and O–H groups in total. The van der Waals surface area contributed by atoms with Crippen molar-refractivity contribution in [3.05, 3.63) is 71.5 Å². The Morgan fingerprint density at radius 1 is 1.03 bits per heavy atom. The van der Waals surface area contributed by atoms with Gasteiger partial charge in [0.2, 0.25) is 5.91 Å². The van der Waals surface area contributed by atoms with E-state index in [-0.39, 0.29) is 23.6 Å². The molecule has 166 valence electrons. The minimum atomic E-state index is -0.191. The van der Waals surface area contributed by atoms with E-state index >= 15 is 0 Å². The summed E-state index contributed by atoms with van der Waals surface area (Å²) < 4.78 is 1.91. The van der Waals surface area contributed by atoms with Crippen LogP contribution in [0.15, 0.2) is 59.8 Å². The highest BCUT2D eigenvalue weighted by molar-refractivity contribution is 7.99. The van der Waals surface area contributed by atoms with E-state index in [1.165, 1.54) is 11.8 Å². The van der Waals surface area contributed by atoms with Crippen LogP contribution >= 0.6 is 11.8 Å². The quantitative estimate of drug-likeness (QED) is 0.511. The molecule has 2 amide bonds. The van der Waals surface area contributed by atoms with Crippen LogP contribution in [0.25, 0.3) is 0 Å². The molecule has 7 nitrogen and oxygen atoms in total. The molecule has 8 heteroatoms. The molecule has 2 aromatic carbocycles. The molecule has 0 aliphatic heterocycles. The van der Waals surface area contributed by atoms with Crippen molar-refractivity contribution in [2.24, 2.45) is 7.05 Å². The SMILES string of the molecule is Cn1c(Cc2ccccc2)nnc1SCC(=O)Nc1ccccc1C(=O)NC1CCCC1. The summed E-state index contributed by atoms with van der Waals surface area (Å²) in [4.78, 5) is 25.3. The summed E-state index contributed by atoms with van der Waals surface area (Å²) in [6, 6.07) is 17.4. The fourth-order valence-electron chi connectivity index (χ4n) is 3.84. The van der Waals surface area contributed by atoms with Crippen molar-refractivity contribution in [3.63, 3.8) is 0 Å². The highest BCUT2D eigenvalue weighted by Crippen LogP contribution is 2.22. The molecule has 0 saturated heterocycles. The highest BCUT2D eigenvalue weighted by Gasteiger charge is 2.20. The van der Waals surface area contributed by atoms with E-state index in [1.54, 1.807) is 12.1 Å². The lowest BCUT2D eigenvalue weighted by Crippen LogP contribution is -2.33. The van der Waals surface area contributed by atoms with E-state index in [4.69, 9.17) is 0 Å². The number of hydrogen-bond donors (Lipinski definition) is 2. The van der Waals surface area contributed by atoms with Gasteiger partial charge in [-0.15, -0.1) is 10.2 Å². The number of carbonyl (C=O) groups excluding carboxylic acids is 2. The molecular formula is C24H27N5O2S. The van der Waals surface area contributed by atoms with Gasteiger partial charge in [0.15, 0.2) is 5.16 Å². The predicted molar refractivity (Wildman–Crippen MR) is 126 cm³/mol. The van der Waals surface area contributed by atoms with Crippen molar-refractivity contribution in [1.29, 1.82) is 0 Å². The molecule has 1 fully saturated rings. The molecule has 1 heterocycles. The Morgan fingerprint density at radius 3 is 2.53 bits per heavy atom. The summed E-state index contributed by atoms with van der Waals surface area (Å²) in [7, 11) is 1.90. The zero-order chi connectivity index (χ0) is 22.3. The van der Waals surface area contributed by atoms with Gasteiger partial charge in [-0.3, -0.25) is 9.59 Å². The van der Waals surface area contributed by atoms with Crippen LogP contribution in [-0.4, -0.2) is 38.4 Å². The topological polar surface area (TPSA) is 88.9 Å². The maximum atomic E-state index is 12.7. The molecule has 1 saturated carbocycles. The summed E-state index contributed by atoms with van der Waals surface area (Å²) in [5.74, 6) is 0.687. The fourth-order valence-corrected chi connectivity index (χ4v) is 4.57. The number of hydrogen-bond acceptors (Lipinski definition) is 5. The Balaban J connectivity index is 1.34. The van der Waals surface area contributed by atoms with Crippen molar-refractivity contribution in [1.82, 2.24) is 20.1 Å². The van der Waals surface area contributed by atoms with E-state index in [9.17, 15) is 9.59 Å². The minimum absolute atomic E-state index is 0.140. The lowest BCUT2D eigenvalue weighted by molar-refractivity contribution is -0.113. The number of thioether (sulfide) groups is 1. The van der Waals surface area contributed by atoms with Gasteiger partial charge < -0.3 is 15.2 Å². The fraction of sp³-hybridized carbons (Fsp3) is 0.333. The monoisotopic (exact) mass is 449 g/mol. The number of amides is 2. The van der Waals surface area contributed by atoms with Gasteiger partial charge in [-0.2, -0.15) is 0 Å². The number of nitrogens with zero attached hydrogens (tertiary/aromatic N) is 3. The molecule has 0 spiro atoms. The molecular weight excluding hydrogens is 422 g/mol. The maximum Gasteiger partial charge on any atom is 0.253 e. The lowest BCUT2D eigenvalue weighted by atomic mass is 10.1. The van der Waals surface area contributed by atoms with E-state index in [1.807, 2.05) is 41.9 Å². The molecule has 0 atom stereocenters. The number of benzene rings is 2. The lowest BCUT2D eigenvalue weighted by Gasteiger charge is -2.15. The largest absolute Gasteiger partial charge is 0.349 e. The first-order valence-electron chi connectivity index (χ1n) is 10.8. The minimum Gasteiger partial charge on any atom is -0.349 e. The zero-order valence-electron chi connectivity index (χ0n) is 18.1. The van der Waals surface area contributed by atoms with Gasteiger partial charge >= 0.3 is 0 Å². The smallest absolute Gasteiger partial charge is 0.253 e. The third-order valence-corrected chi connectivity index (χ3v) is 6.62. The molecule has 1 aliphatic carbocycles. The molecule has 0 unspecified atom stereocenters. The van der Waals surface area contributed by atoms with Crippen LogP contribution in [0.4, 0.5) is 5.69 Å². The standard InChI is InChI=1S/C24H27N5O2S/c1-29-21(15-17-9-3-2-4-10-17)27-28-24(29)32-16-22(30)26-20-14-8-7-13-19(20)23(31)25-18-11-5-6-12-18/h2-4,7-10,13-14,18H,5-6,11-12,15-16H2,1H3,(H,25,31)(H,26,30). The molecule has 32 heavy (non-hydrogen) atoms. The summed E-state index contributed by atoms with van der Waals surface area (Å²) in [6.45, 7) is 0. The van der Waals surface area contributed by atoms with Crippen LogP contribution < -0.4 is 10.6 Å². The van der Waals surface area contributed by atoms with Crippen molar-refractivity contribution < 1.29 is 9.59 Å². The van der Waals surface area contributed by atoms with Crippen LogP contribution in [-0.2, 0) is 18.3 Å². The van der Waals surface area contributed by atoms with E-state index in [0.29, 0.717) is 22.8 Å². The third kappa shape index (κ3) is 5.56. The first-order chi connectivity index (χ1) is 15.6. The average Bonchev–Trinajstić information content (AvgIpc) is 3.43. The van der Waals surface area contributed by atoms with Gasteiger partial charge in [0, 0.05) is 19.5 Å². The summed E-state index contributed by atoms with van der Waals surface area (Å²) in [6.07, 6.45) is 5.01. The van der Waals surface area contributed by atoms with Crippen LogP contribution in [0.2, 0.25) is 0 Å². The molecule has 3 aromatic rings. The second-order valence-corrected chi connectivity index (χ2v) is 8.90. The number of rotatable bonds is 8. The van der Waals surface area contributed by atoms with Gasteiger partial charge in [-0.1, -0.05) is 67.1 Å². The van der Waals surface area contributed by atoms with Gasteiger partial charge in [-0.25, -0.2) is 0 Å². The summed E-state index contributed by atoms with van der Waals surface area (Å²) >= 11 is 1.32. The van der Waals surface area contributed by atoms with E-state index < -0.39 is 0 Å². The number of anilines is 1. The number of para-hydroxylation sites is 1. The van der Waals surface area contributed by atoms with Crippen molar-refractivity contribution >= 4 is 29.3 Å². The van der Waals surface area contributed by atoms with Crippen molar-refractivity contribution in [3.8, 4) is 0 Å². The zero-order valence-corrected chi connectivity index (χ0v) is 18.9. The molecule has 0 radical (unpaired) electrons. The normalized spacial score (nSPS) is 13.8. The number of nitrogens with one attached hydrogen (secondary N) is 2. The summed E-state index contributed by atoms with van der Waals surface area (Å²) in [5, 5.41) is 15.1. The van der Waals surface area contributed by atoms with Gasteiger partial charge in [0.1, 0.15) is 5.82 Å². The van der Waals surface area contributed by atoms with Gasteiger partial charge in [0.25, 0.3) is 5.91 Å². The van der Waals surface area contributed by atoms with E-state index in [0.717, 1.165) is 37.1 Å². The average molecular weight is 450 g/mol. The molecule has 1 aromatic heterocycles. The molecule has 0 bridgehead atoms. The Morgan fingerprint density at radius 2 is 1.75 bits per heavy atom. The van der Waals surface area contributed by atoms with Crippen molar-refractivity contribution in [2.75, 3.05) is 11.1 Å². The maximum absolute atomic E-state index is 12.7. The Bertz CT molecular complexity index is 1080. The first kappa shape index (κ1) is 22.1. The predicted octanol–water partition coefficient (Wildman–Crippen LogP) is 3.81. The highest BCUT2D eigenvalue weighted by atomic mass is 32.2. The van der Waals surface area contributed by atoms with Gasteiger partial charge in [0.05, 0.1) is 17.0 Å². The first-order valence-corrected chi connectivity index (χ1v) is 11.8. The second-order valence-electron chi connectivity index (χ2n) is 7.96. The van der Waals surface area contributed by atoms with Crippen LogP contribution in [0.1, 0.15) is 47.4 Å². The van der Waals surface area contributed by atoms with Crippen LogP contribution in [0.5, 0.6) is 0 Å². The van der Waals surface area contributed by atoms with Crippen molar-refractivity contribution in [2.45, 2.75) is 43.3 Å². The molecule has 1 aliphatic rings. The van der Waals surface area contributed by atoms with Crippen LogP contribution in [0, 0.1) is 0 Å². The Kier molecular flexibility index (Phi) is 7.21. The number of aromatic nitrogens is 3. The van der Waals surface area contributed by atoms with Gasteiger partial charge in [-0.05, 0) is 30.5 Å².